The molecule has 2 aromatic carbocycles. The number of phenolic OH excluding ortho intramolecular Hbond substituents is 2. The first-order valence-corrected chi connectivity index (χ1v) is 17.3. The highest BCUT2D eigenvalue weighted by Gasteiger charge is 2.34. The van der Waals surface area contributed by atoms with Gasteiger partial charge in [0.05, 0.1) is 56.3 Å². The summed E-state index contributed by atoms with van der Waals surface area (Å²) in [5.41, 5.74) is 4.77. The van der Waals surface area contributed by atoms with Crippen molar-refractivity contribution in [2.75, 3.05) is 39.8 Å². The van der Waals surface area contributed by atoms with Gasteiger partial charge >= 0.3 is 5.96 Å². The van der Waals surface area contributed by atoms with Crippen LogP contribution in [0.4, 0.5) is 0 Å². The monoisotopic (exact) mass is 664 g/mol. The maximum atomic E-state index is 11.5. The molecule has 7 nitrogen and oxygen atoms in total. The van der Waals surface area contributed by atoms with Crippen molar-refractivity contribution in [2.24, 2.45) is 9.98 Å². The van der Waals surface area contributed by atoms with Crippen molar-refractivity contribution < 1.29 is 14.8 Å². The molecule has 44 heavy (non-hydrogen) atoms. The van der Waals surface area contributed by atoms with E-state index < -0.39 is 0 Å². The summed E-state index contributed by atoms with van der Waals surface area (Å²) in [7, 11) is 2.22. The Labute approximate surface area is 272 Å². The zero-order chi connectivity index (χ0) is 31.4. The zero-order valence-electron chi connectivity index (χ0n) is 27.3. The van der Waals surface area contributed by atoms with E-state index in [1.165, 1.54) is 24.4 Å². The van der Waals surface area contributed by atoms with Crippen LogP contribution in [-0.2, 0) is 11.8 Å². The molecule has 3 aliphatic rings. The van der Waals surface area contributed by atoms with Gasteiger partial charge in [0, 0.05) is 36.4 Å². The number of rotatable bonds is 8. The largest absolute Gasteiger partial charge is 0.507 e. The summed E-state index contributed by atoms with van der Waals surface area (Å²) in [6.45, 7) is 14.2. The van der Waals surface area contributed by atoms with Crippen molar-refractivity contribution in [2.45, 2.75) is 96.6 Å². The van der Waals surface area contributed by atoms with Gasteiger partial charge in [-0.15, -0.1) is 0 Å². The molecule has 2 aliphatic heterocycles. The molecule has 1 saturated heterocycles. The van der Waals surface area contributed by atoms with Crippen LogP contribution in [0, 0.1) is 6.92 Å². The molecule has 5 rings (SSSR count). The van der Waals surface area contributed by atoms with Gasteiger partial charge in [0.15, 0.2) is 0 Å². The second kappa shape index (κ2) is 14.1. The predicted octanol–water partition coefficient (Wildman–Crippen LogP) is 6.66. The number of benzene rings is 2. The van der Waals surface area contributed by atoms with Gasteiger partial charge in [-0.1, -0.05) is 39.7 Å². The fraction of sp³-hybridized carbons (Fsp3) is 0.583. The van der Waals surface area contributed by atoms with E-state index >= 15 is 0 Å². The number of phenols is 2. The summed E-state index contributed by atoms with van der Waals surface area (Å²) in [5, 5.41) is 22.0. The highest BCUT2D eigenvalue weighted by Crippen LogP contribution is 2.33. The number of fused-ring (bicyclic) bond motifs is 1. The minimum absolute atomic E-state index is 0.0408. The standard InChI is InChI=1S/C36H50BrN5O2/c1-25-19-27(34(44)30(37)20-25)23-38-31-12-6-7-13-32(31)39-24-28-22-29(36(2,3)4)21-26(33(28)43)11-8-15-41-17-10-18-42-16-9-14-40(5)35(41)42/h19-24,31-32H,6-18H2,1-5H3,(H-,38,39,43,44)/p+1. The van der Waals surface area contributed by atoms with Crippen LogP contribution in [0.2, 0.25) is 0 Å². The fourth-order valence-corrected chi connectivity index (χ4v) is 7.50. The molecule has 238 valence electrons. The Bertz CT molecular complexity index is 1430. The molecular weight excluding hydrogens is 614 g/mol. The van der Waals surface area contributed by atoms with Crippen LogP contribution in [0.25, 0.3) is 0 Å². The Morgan fingerprint density at radius 1 is 0.909 bits per heavy atom. The van der Waals surface area contributed by atoms with E-state index in [2.05, 4.69) is 70.3 Å². The van der Waals surface area contributed by atoms with Crippen LogP contribution in [0.15, 0.2) is 38.7 Å². The van der Waals surface area contributed by atoms with Gasteiger partial charge in [-0.25, -0.2) is 0 Å². The molecule has 2 fully saturated rings. The van der Waals surface area contributed by atoms with Gasteiger partial charge in [-0.05, 0) is 88.8 Å². The van der Waals surface area contributed by atoms with Crippen LogP contribution in [-0.4, -0.2) is 94.8 Å². The third-order valence-electron chi connectivity index (χ3n) is 9.38. The number of hydrogen-bond donors (Lipinski definition) is 2. The average molecular weight is 666 g/mol. The molecule has 2 heterocycles. The number of aliphatic imine (C=N–C) groups is 2. The first-order valence-electron chi connectivity index (χ1n) is 16.5. The number of guanidine groups is 1. The van der Waals surface area contributed by atoms with Crippen LogP contribution in [0.5, 0.6) is 11.5 Å². The highest BCUT2D eigenvalue weighted by molar-refractivity contribution is 9.10. The summed E-state index contributed by atoms with van der Waals surface area (Å²) in [6, 6.07) is 8.27. The van der Waals surface area contributed by atoms with Gasteiger partial charge < -0.3 is 10.2 Å². The van der Waals surface area contributed by atoms with E-state index in [1.54, 1.807) is 6.21 Å². The lowest BCUT2D eigenvalue weighted by Gasteiger charge is -2.36. The normalized spacial score (nSPS) is 21.5. The minimum Gasteiger partial charge on any atom is -0.507 e. The highest BCUT2D eigenvalue weighted by atomic mass is 79.9. The Morgan fingerprint density at radius 2 is 1.57 bits per heavy atom. The van der Waals surface area contributed by atoms with Crippen molar-refractivity contribution in [3.05, 3.63) is 56.6 Å². The molecule has 8 heteroatoms. The number of aryl methyl sites for hydroxylation is 2. The predicted molar refractivity (Wildman–Crippen MR) is 185 cm³/mol. The second-order valence-corrected chi connectivity index (χ2v) is 14.8. The zero-order valence-corrected chi connectivity index (χ0v) is 28.9. The lowest BCUT2D eigenvalue weighted by atomic mass is 9.84. The lowest BCUT2D eigenvalue weighted by molar-refractivity contribution is -0.515. The summed E-state index contributed by atoms with van der Waals surface area (Å²) in [6.07, 6.45) is 12.1. The van der Waals surface area contributed by atoms with Crippen LogP contribution < -0.4 is 0 Å². The molecule has 0 amide bonds. The molecule has 0 bridgehead atoms. The van der Waals surface area contributed by atoms with Gasteiger partial charge in [0.25, 0.3) is 0 Å². The topological polar surface area (TPSA) is 74.7 Å². The molecule has 0 spiro atoms. The Morgan fingerprint density at radius 3 is 2.25 bits per heavy atom. The molecule has 0 radical (unpaired) electrons. The molecule has 1 aliphatic carbocycles. The smallest absolute Gasteiger partial charge is 0.350 e. The van der Waals surface area contributed by atoms with Crippen molar-refractivity contribution in [3.8, 4) is 11.5 Å². The molecular formula is C36H51BrN5O2+. The fourth-order valence-electron chi connectivity index (χ4n) is 6.91. The third kappa shape index (κ3) is 7.67. The first-order chi connectivity index (χ1) is 21.0. The molecule has 1 saturated carbocycles. The number of nitrogens with zero attached hydrogens (tertiary/aromatic N) is 5. The van der Waals surface area contributed by atoms with Gasteiger partial charge in [-0.3, -0.25) is 24.4 Å². The van der Waals surface area contributed by atoms with Crippen molar-refractivity contribution in [3.63, 3.8) is 0 Å². The Balaban J connectivity index is 1.33. The van der Waals surface area contributed by atoms with E-state index in [1.807, 2.05) is 25.3 Å². The average Bonchev–Trinajstić information content (AvgIpc) is 2.98. The summed E-state index contributed by atoms with van der Waals surface area (Å²) in [4.78, 5) is 15.1. The maximum absolute atomic E-state index is 11.5. The molecule has 2 atom stereocenters. The van der Waals surface area contributed by atoms with Crippen LogP contribution in [0.1, 0.15) is 93.5 Å². The van der Waals surface area contributed by atoms with E-state index in [9.17, 15) is 10.2 Å². The van der Waals surface area contributed by atoms with E-state index in [4.69, 9.17) is 9.98 Å². The Kier molecular flexibility index (Phi) is 10.4. The van der Waals surface area contributed by atoms with Gasteiger partial charge in [0.1, 0.15) is 11.5 Å². The summed E-state index contributed by atoms with van der Waals surface area (Å²) in [5.74, 6) is 1.96. The van der Waals surface area contributed by atoms with Crippen LogP contribution in [0.3, 0.4) is 0 Å². The maximum Gasteiger partial charge on any atom is 0.350 e. The van der Waals surface area contributed by atoms with E-state index in [0.717, 1.165) is 93.5 Å². The molecule has 2 aromatic rings. The summed E-state index contributed by atoms with van der Waals surface area (Å²) >= 11 is 3.44. The van der Waals surface area contributed by atoms with Gasteiger partial charge in [0.2, 0.25) is 0 Å². The van der Waals surface area contributed by atoms with E-state index in [0.29, 0.717) is 10.2 Å². The SMILES string of the molecule is Cc1cc(Br)c(O)c(C=NC2CCCCC2N=Cc2cc(C(C)(C)C)cc(CCCN3CCCN4CCC[N+](C)=C34)c2O)c1. The number of aromatic hydroxyl groups is 2. The van der Waals surface area contributed by atoms with Gasteiger partial charge in [-0.2, -0.15) is 0 Å². The molecule has 2 N–H and O–H groups in total. The number of hydrogen-bond acceptors (Lipinski definition) is 6. The quantitative estimate of drug-likeness (QED) is 0.245. The van der Waals surface area contributed by atoms with E-state index in [-0.39, 0.29) is 23.2 Å². The summed E-state index contributed by atoms with van der Waals surface area (Å²) < 4.78 is 3.10. The molecule has 2 unspecified atom stereocenters. The van der Waals surface area contributed by atoms with Crippen molar-refractivity contribution in [1.29, 1.82) is 0 Å². The van der Waals surface area contributed by atoms with Crippen molar-refractivity contribution in [1.82, 2.24) is 9.80 Å². The first kappa shape index (κ1) is 32.5. The molecule has 0 aromatic heterocycles. The second-order valence-electron chi connectivity index (χ2n) is 14.0. The lowest BCUT2D eigenvalue weighted by Crippen LogP contribution is -2.57. The number of halogens is 1. The minimum atomic E-state index is -0.0408. The van der Waals surface area contributed by atoms with Crippen molar-refractivity contribution >= 4 is 34.3 Å². The van der Waals surface area contributed by atoms with Crippen LogP contribution >= 0.6 is 15.9 Å². The Hall–Kier alpha value is -2.87. The third-order valence-corrected chi connectivity index (χ3v) is 9.99.